The Hall–Kier alpha value is -2.58. The second kappa shape index (κ2) is 8.42. The molecule has 29 heavy (non-hydrogen) atoms. The average molecular weight is 463 g/mol. The molecule has 1 fully saturated rings. The van der Waals surface area contributed by atoms with Crippen molar-refractivity contribution in [2.24, 2.45) is 4.99 Å². The second-order valence-electron chi connectivity index (χ2n) is 6.70. The van der Waals surface area contributed by atoms with Gasteiger partial charge in [-0.15, -0.1) is 0 Å². The first kappa shape index (κ1) is 19.7. The number of amides is 1. The van der Waals surface area contributed by atoms with Crippen LogP contribution in [0, 0.1) is 11.6 Å². The van der Waals surface area contributed by atoms with Crippen molar-refractivity contribution >= 4 is 38.5 Å². The summed E-state index contributed by atoms with van der Waals surface area (Å²) in [7, 11) is 0. The maximum Gasteiger partial charge on any atom is 0.256 e. The van der Waals surface area contributed by atoms with Gasteiger partial charge in [-0.2, -0.15) is 0 Å². The quantitative estimate of drug-likeness (QED) is 0.615. The molecule has 2 heterocycles. The number of fused-ring (bicyclic) bond motifs is 1. The van der Waals surface area contributed by atoms with Crippen LogP contribution in [0.4, 0.5) is 14.5 Å². The van der Waals surface area contributed by atoms with Gasteiger partial charge in [0.15, 0.2) is 5.82 Å². The molecule has 3 aromatic rings. The van der Waals surface area contributed by atoms with Crippen LogP contribution >= 0.6 is 15.9 Å². The first-order valence-electron chi connectivity index (χ1n) is 9.12. The molecule has 0 saturated carbocycles. The number of halogens is 3. The molecule has 0 aliphatic carbocycles. The van der Waals surface area contributed by atoms with E-state index in [0.29, 0.717) is 24.1 Å². The number of carbonyl (C=O) groups is 1. The summed E-state index contributed by atoms with van der Waals surface area (Å²) in [6.45, 7) is 1.05. The first-order valence-corrected chi connectivity index (χ1v) is 9.92. The Labute approximate surface area is 173 Å². The minimum atomic E-state index is -0.846. The number of hydrogen-bond donors (Lipinski definition) is 1. The lowest BCUT2D eigenvalue weighted by atomic mass is 10.1. The van der Waals surface area contributed by atoms with Crippen LogP contribution < -0.4 is 10.9 Å². The number of nitrogens with one attached hydrogen (secondary N) is 1. The van der Waals surface area contributed by atoms with E-state index in [1.807, 2.05) is 0 Å². The van der Waals surface area contributed by atoms with E-state index in [-0.39, 0.29) is 22.9 Å². The summed E-state index contributed by atoms with van der Waals surface area (Å²) >= 11 is 3.39. The van der Waals surface area contributed by atoms with Gasteiger partial charge in [-0.25, -0.2) is 13.8 Å². The third-order valence-corrected chi connectivity index (χ3v) is 5.09. The fraction of sp³-hybridized carbons (Fsp3) is 0.238. The molecule has 1 amide bonds. The lowest BCUT2D eigenvalue weighted by Gasteiger charge is -2.11. The van der Waals surface area contributed by atoms with Crippen LogP contribution in [0.3, 0.4) is 0 Å². The Morgan fingerprint density at radius 3 is 2.83 bits per heavy atom. The molecule has 1 N–H and O–H groups in total. The molecule has 1 aromatic heterocycles. The van der Waals surface area contributed by atoms with Gasteiger partial charge in [-0.1, -0.05) is 15.9 Å². The fourth-order valence-corrected chi connectivity index (χ4v) is 3.51. The normalized spacial score (nSPS) is 17.1. The van der Waals surface area contributed by atoms with Crippen LogP contribution in [0.1, 0.15) is 23.2 Å². The molecule has 4 rings (SSSR count). The maximum absolute atomic E-state index is 14.1. The molecule has 0 bridgehead atoms. The molecule has 5 nitrogen and oxygen atoms in total. The van der Waals surface area contributed by atoms with E-state index in [1.54, 1.807) is 24.3 Å². The average Bonchev–Trinajstić information content (AvgIpc) is 3.21. The van der Waals surface area contributed by atoms with Gasteiger partial charge < -0.3 is 14.5 Å². The molecule has 150 valence electrons. The lowest BCUT2D eigenvalue weighted by Crippen LogP contribution is -2.34. The standard InChI is InChI=1S/C21H17BrF2N2O3/c22-13-3-6-19-12(8-13)9-16(20(27)25-11-15-2-1-7-28-15)21(29-19)26-18-5-4-14(23)10-17(18)24/h3-6,8-10,15H,1-2,7,11H2,(H,25,27)/t15-/m1/s1. The van der Waals surface area contributed by atoms with Gasteiger partial charge in [0.05, 0.1) is 6.10 Å². The van der Waals surface area contributed by atoms with Crippen LogP contribution in [0.5, 0.6) is 0 Å². The van der Waals surface area contributed by atoms with Gasteiger partial charge in [-0.05, 0) is 49.2 Å². The topological polar surface area (TPSA) is 63.8 Å². The van der Waals surface area contributed by atoms with E-state index in [9.17, 15) is 13.6 Å². The monoisotopic (exact) mass is 462 g/mol. The van der Waals surface area contributed by atoms with Crippen LogP contribution in [0.2, 0.25) is 0 Å². The molecule has 0 spiro atoms. The second-order valence-corrected chi connectivity index (χ2v) is 7.62. The largest absolute Gasteiger partial charge is 0.438 e. The zero-order valence-electron chi connectivity index (χ0n) is 15.3. The van der Waals surface area contributed by atoms with E-state index in [4.69, 9.17) is 9.15 Å². The van der Waals surface area contributed by atoms with Crippen molar-refractivity contribution in [2.75, 3.05) is 13.2 Å². The highest BCUT2D eigenvalue weighted by Crippen LogP contribution is 2.21. The van der Waals surface area contributed by atoms with Crippen molar-refractivity contribution in [2.45, 2.75) is 18.9 Å². The van der Waals surface area contributed by atoms with Crippen LogP contribution in [0.15, 0.2) is 56.3 Å². The fourth-order valence-electron chi connectivity index (χ4n) is 3.14. The zero-order valence-corrected chi connectivity index (χ0v) is 16.8. The van der Waals surface area contributed by atoms with Crippen molar-refractivity contribution in [1.29, 1.82) is 0 Å². The molecule has 1 atom stereocenters. The molecule has 1 saturated heterocycles. The molecule has 8 heteroatoms. The van der Waals surface area contributed by atoms with E-state index in [2.05, 4.69) is 26.2 Å². The first-order chi connectivity index (χ1) is 14.0. The minimum absolute atomic E-state index is 0.0274. The predicted molar refractivity (Wildman–Crippen MR) is 107 cm³/mol. The number of carbonyl (C=O) groups excluding carboxylic acids is 1. The Morgan fingerprint density at radius 1 is 1.21 bits per heavy atom. The van der Waals surface area contributed by atoms with Gasteiger partial charge in [-0.3, -0.25) is 4.79 Å². The third kappa shape index (κ3) is 4.54. The van der Waals surface area contributed by atoms with Crippen molar-refractivity contribution in [3.05, 3.63) is 69.7 Å². The summed E-state index contributed by atoms with van der Waals surface area (Å²) in [6, 6.07) is 9.96. The highest BCUT2D eigenvalue weighted by Gasteiger charge is 2.19. The van der Waals surface area contributed by atoms with Gasteiger partial charge in [0, 0.05) is 29.1 Å². The molecular weight excluding hydrogens is 446 g/mol. The van der Waals surface area contributed by atoms with E-state index in [1.165, 1.54) is 6.07 Å². The smallest absolute Gasteiger partial charge is 0.256 e. The number of rotatable bonds is 4. The summed E-state index contributed by atoms with van der Waals surface area (Å²) in [5.41, 5.74) is 0.442. The van der Waals surface area contributed by atoms with Gasteiger partial charge in [0.25, 0.3) is 5.91 Å². The van der Waals surface area contributed by atoms with E-state index < -0.39 is 17.5 Å². The van der Waals surface area contributed by atoms with Crippen molar-refractivity contribution in [3.8, 4) is 0 Å². The van der Waals surface area contributed by atoms with Crippen LogP contribution in [0.25, 0.3) is 11.0 Å². The minimum Gasteiger partial charge on any atom is -0.438 e. The summed E-state index contributed by atoms with van der Waals surface area (Å²) in [6.07, 6.45) is 1.82. The van der Waals surface area contributed by atoms with E-state index in [0.717, 1.165) is 29.4 Å². The lowest BCUT2D eigenvalue weighted by molar-refractivity contribution is 0.0854. The summed E-state index contributed by atoms with van der Waals surface area (Å²) < 4.78 is 39.4. The predicted octanol–water partition coefficient (Wildman–Crippen LogP) is 4.61. The summed E-state index contributed by atoms with van der Waals surface area (Å²) in [5, 5.41) is 3.50. The van der Waals surface area contributed by atoms with Crippen molar-refractivity contribution < 1.29 is 22.7 Å². The van der Waals surface area contributed by atoms with Gasteiger partial charge >= 0.3 is 0 Å². The third-order valence-electron chi connectivity index (χ3n) is 4.60. The molecule has 1 aliphatic rings. The highest BCUT2D eigenvalue weighted by molar-refractivity contribution is 9.10. The Morgan fingerprint density at radius 2 is 2.07 bits per heavy atom. The molecule has 2 aromatic carbocycles. The molecule has 0 unspecified atom stereocenters. The number of nitrogens with zero attached hydrogens (tertiary/aromatic N) is 1. The van der Waals surface area contributed by atoms with Crippen LogP contribution in [-0.2, 0) is 4.74 Å². The number of hydrogen-bond acceptors (Lipinski definition) is 4. The van der Waals surface area contributed by atoms with Crippen LogP contribution in [-0.4, -0.2) is 25.2 Å². The van der Waals surface area contributed by atoms with Crippen molar-refractivity contribution in [3.63, 3.8) is 0 Å². The Balaban J connectivity index is 1.78. The number of benzene rings is 2. The Kier molecular flexibility index (Phi) is 5.73. The van der Waals surface area contributed by atoms with Crippen molar-refractivity contribution in [1.82, 2.24) is 5.32 Å². The molecule has 1 aliphatic heterocycles. The maximum atomic E-state index is 14.1. The molecular formula is C21H17BrF2N2O3. The Bertz CT molecular complexity index is 1140. The van der Waals surface area contributed by atoms with E-state index >= 15 is 0 Å². The number of ether oxygens (including phenoxy) is 1. The highest BCUT2D eigenvalue weighted by atomic mass is 79.9. The SMILES string of the molecule is O=C(NC[C@H]1CCCO1)c1cc2cc(Br)ccc2oc1=Nc1ccc(F)cc1F. The van der Waals surface area contributed by atoms with Gasteiger partial charge in [0.2, 0.25) is 5.55 Å². The summed E-state index contributed by atoms with van der Waals surface area (Å²) in [5.74, 6) is -1.97. The van der Waals surface area contributed by atoms with Gasteiger partial charge in [0.1, 0.15) is 22.7 Å². The summed E-state index contributed by atoms with van der Waals surface area (Å²) in [4.78, 5) is 17.0. The zero-order chi connectivity index (χ0) is 20.4. The molecule has 0 radical (unpaired) electrons.